The van der Waals surface area contributed by atoms with E-state index in [1.807, 2.05) is 20.8 Å². The maximum atomic E-state index is 12.4. The van der Waals surface area contributed by atoms with Gasteiger partial charge in [0.15, 0.2) is 0 Å². The molecule has 1 aliphatic heterocycles. The molecule has 2 aliphatic carbocycles. The van der Waals surface area contributed by atoms with Crippen LogP contribution in [0.1, 0.15) is 63.4 Å². The lowest BCUT2D eigenvalue weighted by Crippen LogP contribution is -2.61. The topological polar surface area (TPSA) is 89.1 Å². The molecule has 1 spiro atoms. The van der Waals surface area contributed by atoms with Gasteiger partial charge < -0.3 is 19.8 Å². The number of rotatable bonds is 3. The van der Waals surface area contributed by atoms with Crippen molar-refractivity contribution >= 4 is 22.8 Å². The van der Waals surface area contributed by atoms with Gasteiger partial charge in [0, 0.05) is 18.6 Å². The molecule has 3 aliphatic rings. The highest BCUT2D eigenvalue weighted by molar-refractivity contribution is 5.97. The number of ether oxygens (including phenoxy) is 2. The zero-order valence-electron chi connectivity index (χ0n) is 16.7. The Balaban J connectivity index is 1.40. The number of hydrogen-bond donors (Lipinski definition) is 2. The van der Waals surface area contributed by atoms with E-state index < -0.39 is 5.60 Å². The first-order valence-corrected chi connectivity index (χ1v) is 10.3. The fourth-order valence-corrected chi connectivity index (χ4v) is 5.44. The first-order valence-electron chi connectivity index (χ1n) is 10.3. The van der Waals surface area contributed by atoms with Crippen molar-refractivity contribution < 1.29 is 14.3 Å². The van der Waals surface area contributed by atoms with E-state index in [4.69, 9.17) is 9.47 Å². The smallest absolute Gasteiger partial charge is 0.355 e. The van der Waals surface area contributed by atoms with E-state index in [2.05, 4.69) is 20.3 Å². The number of fused-ring (bicyclic) bond motifs is 1. The monoisotopic (exact) mass is 384 g/mol. The first-order chi connectivity index (χ1) is 13.4. The number of esters is 1. The minimum absolute atomic E-state index is 0.0991. The summed E-state index contributed by atoms with van der Waals surface area (Å²) in [5.41, 5.74) is 0.602. The Hall–Kier alpha value is -2.15. The molecule has 0 aromatic carbocycles. The number of aromatic amines is 1. The van der Waals surface area contributed by atoms with Crippen LogP contribution in [-0.2, 0) is 9.47 Å². The molecule has 7 heteroatoms. The molecule has 5 rings (SSSR count). The van der Waals surface area contributed by atoms with E-state index in [0.717, 1.165) is 30.1 Å². The van der Waals surface area contributed by atoms with Gasteiger partial charge in [-0.05, 0) is 64.9 Å². The molecule has 2 aromatic heterocycles. The van der Waals surface area contributed by atoms with Crippen LogP contribution in [0, 0.1) is 11.8 Å². The van der Waals surface area contributed by atoms with E-state index in [9.17, 15) is 4.79 Å². The molecule has 0 bridgehead atoms. The number of anilines is 1. The van der Waals surface area contributed by atoms with Crippen LogP contribution in [-0.4, -0.2) is 44.8 Å². The van der Waals surface area contributed by atoms with Crippen molar-refractivity contribution in [2.75, 3.05) is 11.9 Å². The van der Waals surface area contributed by atoms with E-state index >= 15 is 0 Å². The number of carbonyl (C=O) groups is 1. The van der Waals surface area contributed by atoms with Crippen LogP contribution < -0.4 is 5.32 Å². The van der Waals surface area contributed by atoms with Crippen LogP contribution in [0.4, 0.5) is 5.82 Å². The van der Waals surface area contributed by atoms with Crippen LogP contribution >= 0.6 is 0 Å². The summed E-state index contributed by atoms with van der Waals surface area (Å²) in [4.78, 5) is 24.3. The second-order valence-corrected chi connectivity index (χ2v) is 9.44. The number of aromatic nitrogens is 3. The predicted octanol–water partition coefficient (Wildman–Crippen LogP) is 3.67. The van der Waals surface area contributed by atoms with Crippen LogP contribution in [0.25, 0.3) is 11.0 Å². The quantitative estimate of drug-likeness (QED) is 0.785. The number of hydrogen-bond acceptors (Lipinski definition) is 6. The van der Waals surface area contributed by atoms with Crippen molar-refractivity contribution in [2.45, 2.75) is 70.1 Å². The first kappa shape index (κ1) is 17.9. The van der Waals surface area contributed by atoms with Crippen molar-refractivity contribution in [2.24, 2.45) is 11.8 Å². The van der Waals surface area contributed by atoms with Crippen LogP contribution in [0.3, 0.4) is 0 Å². The molecule has 7 nitrogen and oxygen atoms in total. The van der Waals surface area contributed by atoms with Crippen molar-refractivity contribution in [1.29, 1.82) is 0 Å². The zero-order valence-corrected chi connectivity index (χ0v) is 16.7. The molecule has 2 saturated carbocycles. The molecule has 0 amide bonds. The molecule has 2 aromatic rings. The Labute approximate surface area is 164 Å². The van der Waals surface area contributed by atoms with Crippen molar-refractivity contribution in [3.05, 3.63) is 18.1 Å². The largest absolute Gasteiger partial charge is 0.455 e. The summed E-state index contributed by atoms with van der Waals surface area (Å²) in [5.74, 6) is 1.68. The van der Waals surface area contributed by atoms with Crippen molar-refractivity contribution in [3.63, 3.8) is 0 Å². The van der Waals surface area contributed by atoms with Crippen LogP contribution in [0.5, 0.6) is 0 Å². The highest BCUT2D eigenvalue weighted by atomic mass is 16.6. The summed E-state index contributed by atoms with van der Waals surface area (Å²) >= 11 is 0. The summed E-state index contributed by atoms with van der Waals surface area (Å²) < 4.78 is 11.7. The van der Waals surface area contributed by atoms with E-state index in [1.54, 1.807) is 6.07 Å². The Kier molecular flexibility index (Phi) is 3.95. The van der Waals surface area contributed by atoms with Gasteiger partial charge in [0.05, 0.1) is 11.0 Å². The van der Waals surface area contributed by atoms with E-state index in [0.29, 0.717) is 23.3 Å². The summed E-state index contributed by atoms with van der Waals surface area (Å²) in [6.45, 7) is 6.48. The molecule has 28 heavy (non-hydrogen) atoms. The summed E-state index contributed by atoms with van der Waals surface area (Å²) in [6.07, 6.45) is 7.47. The maximum Gasteiger partial charge on any atom is 0.355 e. The highest BCUT2D eigenvalue weighted by Crippen LogP contribution is 2.59. The molecule has 0 radical (unpaired) electrons. The molecule has 2 N–H and O–H groups in total. The Bertz CT molecular complexity index is 918. The van der Waals surface area contributed by atoms with Crippen LogP contribution in [0.15, 0.2) is 12.4 Å². The predicted molar refractivity (Wildman–Crippen MR) is 105 cm³/mol. The van der Waals surface area contributed by atoms with Gasteiger partial charge >= 0.3 is 5.97 Å². The molecule has 3 heterocycles. The Morgan fingerprint density at radius 1 is 1.36 bits per heavy atom. The van der Waals surface area contributed by atoms with Crippen LogP contribution in [0.2, 0.25) is 0 Å². The maximum absolute atomic E-state index is 12.4. The minimum Gasteiger partial charge on any atom is -0.455 e. The number of nitrogens with one attached hydrogen (secondary N) is 2. The van der Waals surface area contributed by atoms with Gasteiger partial charge in [-0.25, -0.2) is 14.8 Å². The van der Waals surface area contributed by atoms with Crippen molar-refractivity contribution in [3.8, 4) is 0 Å². The van der Waals surface area contributed by atoms with Crippen molar-refractivity contribution in [1.82, 2.24) is 15.0 Å². The SMILES string of the molecule is CC(C)(C)OC(=O)c1cc2c(NC3CCCC45OCCC4CC35)ncnc2[nH]1. The second kappa shape index (κ2) is 6.17. The van der Waals surface area contributed by atoms with Gasteiger partial charge in [0.2, 0.25) is 0 Å². The highest BCUT2D eigenvalue weighted by Gasteiger charge is 2.62. The molecular weight excluding hydrogens is 356 g/mol. The Morgan fingerprint density at radius 3 is 3.00 bits per heavy atom. The second-order valence-electron chi connectivity index (χ2n) is 9.44. The lowest BCUT2D eigenvalue weighted by Gasteiger charge is -2.57. The molecule has 3 fully saturated rings. The lowest BCUT2D eigenvalue weighted by molar-refractivity contribution is -0.160. The number of H-pyrrole nitrogens is 1. The average molecular weight is 384 g/mol. The van der Waals surface area contributed by atoms with Gasteiger partial charge in [0.1, 0.15) is 29.1 Å². The molecule has 150 valence electrons. The fourth-order valence-electron chi connectivity index (χ4n) is 5.44. The third-order valence-electron chi connectivity index (χ3n) is 6.63. The van der Waals surface area contributed by atoms with Gasteiger partial charge in [-0.15, -0.1) is 0 Å². The molecule has 4 atom stereocenters. The average Bonchev–Trinajstić information content (AvgIpc) is 3.15. The van der Waals surface area contributed by atoms with Gasteiger partial charge in [-0.3, -0.25) is 0 Å². The third-order valence-corrected chi connectivity index (χ3v) is 6.63. The molecule has 4 unspecified atom stereocenters. The van der Waals surface area contributed by atoms with Gasteiger partial charge in [0.25, 0.3) is 0 Å². The summed E-state index contributed by atoms with van der Waals surface area (Å²) in [6, 6.07) is 2.14. The summed E-state index contributed by atoms with van der Waals surface area (Å²) in [7, 11) is 0. The van der Waals surface area contributed by atoms with Gasteiger partial charge in [-0.2, -0.15) is 0 Å². The number of carbonyl (C=O) groups excluding carboxylic acids is 1. The fraction of sp³-hybridized carbons (Fsp3) is 0.667. The lowest BCUT2D eigenvalue weighted by atomic mass is 9.53. The standard InChI is InChI=1S/C21H28N4O3/c1-20(2,3)28-19(26)16-10-13-17(22-11-23-18(13)25-16)24-15-5-4-7-21-12(6-8-27-21)9-14(15)21/h10-12,14-15H,4-9H2,1-3H3,(H2,22,23,24,25). The van der Waals surface area contributed by atoms with Gasteiger partial charge in [-0.1, -0.05) is 0 Å². The third kappa shape index (κ3) is 2.79. The van der Waals surface area contributed by atoms with E-state index in [-0.39, 0.29) is 11.6 Å². The minimum atomic E-state index is -0.542. The molecule has 1 saturated heterocycles. The zero-order chi connectivity index (χ0) is 19.5. The van der Waals surface area contributed by atoms with E-state index in [1.165, 1.54) is 32.0 Å². The Morgan fingerprint density at radius 2 is 2.21 bits per heavy atom. The normalized spacial score (nSPS) is 31.8. The number of nitrogens with zero attached hydrogens (tertiary/aromatic N) is 2. The summed E-state index contributed by atoms with van der Waals surface area (Å²) in [5, 5.41) is 4.49. The molecular formula is C21H28N4O3.